The normalized spacial score (nSPS) is 19.6. The Balaban J connectivity index is 2.64. The minimum Gasteiger partial charge on any atom is -0.406 e. The van der Waals surface area contributed by atoms with E-state index in [9.17, 15) is 14.7 Å². The first-order valence-corrected chi connectivity index (χ1v) is 3.98. The van der Waals surface area contributed by atoms with Crippen molar-refractivity contribution in [3.63, 3.8) is 0 Å². The topological polar surface area (TPSA) is 91.6 Å². The fraction of sp³-hybridized carbons (Fsp3) is 0.250. The highest BCUT2D eigenvalue weighted by Gasteiger charge is 2.26. The molecule has 0 saturated carbocycles. The average Bonchev–Trinajstić information content (AvgIpc) is 1.99. The third-order valence-electron chi connectivity index (χ3n) is 1.97. The number of rotatable bonds is 0. The molecular formula is C8H8N2O4. The highest BCUT2D eigenvalue weighted by molar-refractivity contribution is 5.91. The van der Waals surface area contributed by atoms with Crippen molar-refractivity contribution in [3.8, 4) is 0 Å². The largest absolute Gasteiger partial charge is 0.406 e. The number of hydrogen-bond acceptors (Lipinski definition) is 4. The molecule has 1 aliphatic heterocycles. The SMILES string of the molecule is Cc1cc(=O)oc2c1C(O)NC(=O)N2. The standard InChI is InChI=1S/C8H8N2O4/c1-3-2-4(11)14-7-5(3)6(12)9-8(13)10-7/h2,6,12H,1H3,(H2,9,10,13). The second-order valence-corrected chi connectivity index (χ2v) is 2.99. The maximum Gasteiger partial charge on any atom is 0.337 e. The Hall–Kier alpha value is -1.82. The molecule has 1 aliphatic rings. The number of aliphatic hydroxyl groups is 1. The third-order valence-corrected chi connectivity index (χ3v) is 1.97. The lowest BCUT2D eigenvalue weighted by Gasteiger charge is -2.22. The van der Waals surface area contributed by atoms with Crippen LogP contribution in [0, 0.1) is 6.92 Å². The van der Waals surface area contributed by atoms with Crippen molar-refractivity contribution in [3.05, 3.63) is 27.6 Å². The van der Waals surface area contributed by atoms with Crippen molar-refractivity contribution in [1.82, 2.24) is 5.32 Å². The number of aryl methyl sites for hydroxylation is 1. The van der Waals surface area contributed by atoms with E-state index in [1.165, 1.54) is 6.07 Å². The first kappa shape index (κ1) is 8.76. The van der Waals surface area contributed by atoms with Gasteiger partial charge < -0.3 is 14.8 Å². The molecule has 1 unspecified atom stereocenters. The second-order valence-electron chi connectivity index (χ2n) is 2.99. The zero-order valence-corrected chi connectivity index (χ0v) is 7.33. The Morgan fingerprint density at radius 2 is 2.21 bits per heavy atom. The van der Waals surface area contributed by atoms with Crippen LogP contribution in [0.5, 0.6) is 0 Å². The van der Waals surface area contributed by atoms with Gasteiger partial charge in [-0.15, -0.1) is 0 Å². The summed E-state index contributed by atoms with van der Waals surface area (Å²) in [7, 11) is 0. The van der Waals surface area contributed by atoms with Gasteiger partial charge in [0.2, 0.25) is 5.88 Å². The van der Waals surface area contributed by atoms with Gasteiger partial charge in [-0.3, -0.25) is 5.32 Å². The Kier molecular flexibility index (Phi) is 1.78. The molecule has 1 aromatic heterocycles. The van der Waals surface area contributed by atoms with E-state index >= 15 is 0 Å². The second kappa shape index (κ2) is 2.85. The number of carbonyl (C=O) groups excluding carboxylic acids is 1. The van der Waals surface area contributed by atoms with E-state index < -0.39 is 17.9 Å². The van der Waals surface area contributed by atoms with E-state index in [2.05, 4.69) is 10.6 Å². The first-order chi connectivity index (χ1) is 6.58. The van der Waals surface area contributed by atoms with E-state index in [1.54, 1.807) is 6.92 Å². The van der Waals surface area contributed by atoms with Crippen LogP contribution >= 0.6 is 0 Å². The predicted octanol–water partition coefficient (Wildman–Crippen LogP) is 0.0742. The number of amides is 2. The van der Waals surface area contributed by atoms with Gasteiger partial charge in [0.15, 0.2) is 6.23 Å². The zero-order valence-electron chi connectivity index (χ0n) is 7.33. The van der Waals surface area contributed by atoms with Gasteiger partial charge in [-0.1, -0.05) is 0 Å². The molecule has 0 aromatic carbocycles. The minimum atomic E-state index is -1.14. The molecule has 0 spiro atoms. The van der Waals surface area contributed by atoms with Gasteiger partial charge in [0.25, 0.3) is 0 Å². The van der Waals surface area contributed by atoms with Crippen LogP contribution in [-0.2, 0) is 0 Å². The van der Waals surface area contributed by atoms with Crippen molar-refractivity contribution >= 4 is 11.9 Å². The number of fused-ring (bicyclic) bond motifs is 1. The number of aliphatic hydroxyl groups excluding tert-OH is 1. The summed E-state index contributed by atoms with van der Waals surface area (Å²) in [5, 5.41) is 14.0. The lowest BCUT2D eigenvalue weighted by Crippen LogP contribution is -2.38. The summed E-state index contributed by atoms with van der Waals surface area (Å²) in [5.74, 6) is 0.00579. The molecule has 1 aromatic rings. The fourth-order valence-electron chi connectivity index (χ4n) is 1.39. The average molecular weight is 196 g/mol. The zero-order chi connectivity index (χ0) is 10.3. The van der Waals surface area contributed by atoms with Crippen LogP contribution in [0.3, 0.4) is 0 Å². The van der Waals surface area contributed by atoms with Crippen molar-refractivity contribution in [1.29, 1.82) is 0 Å². The molecule has 6 nitrogen and oxygen atoms in total. The monoisotopic (exact) mass is 196 g/mol. The van der Waals surface area contributed by atoms with Gasteiger partial charge in [-0.2, -0.15) is 0 Å². The van der Waals surface area contributed by atoms with Crippen molar-refractivity contribution in [2.75, 3.05) is 5.32 Å². The molecule has 2 heterocycles. The van der Waals surface area contributed by atoms with Gasteiger partial charge in [0.05, 0.1) is 5.56 Å². The Bertz CT molecular complexity index is 451. The molecule has 0 saturated heterocycles. The molecule has 2 rings (SSSR count). The van der Waals surface area contributed by atoms with Crippen LogP contribution in [0.2, 0.25) is 0 Å². The molecule has 74 valence electrons. The van der Waals surface area contributed by atoms with E-state index in [1.807, 2.05) is 0 Å². The molecular weight excluding hydrogens is 188 g/mol. The third kappa shape index (κ3) is 1.25. The van der Waals surface area contributed by atoms with E-state index in [0.29, 0.717) is 11.1 Å². The van der Waals surface area contributed by atoms with Crippen LogP contribution in [-0.4, -0.2) is 11.1 Å². The van der Waals surface area contributed by atoms with Gasteiger partial charge in [0.1, 0.15) is 0 Å². The predicted molar refractivity (Wildman–Crippen MR) is 46.8 cm³/mol. The van der Waals surface area contributed by atoms with Gasteiger partial charge in [-0.05, 0) is 12.5 Å². The lowest BCUT2D eigenvalue weighted by atomic mass is 10.1. The summed E-state index contributed by atoms with van der Waals surface area (Å²) in [6.07, 6.45) is -1.14. The van der Waals surface area contributed by atoms with Gasteiger partial charge in [0, 0.05) is 6.07 Å². The molecule has 2 amide bonds. The van der Waals surface area contributed by atoms with E-state index in [4.69, 9.17) is 4.42 Å². The van der Waals surface area contributed by atoms with Crippen molar-refractivity contribution < 1.29 is 14.3 Å². The summed E-state index contributed by atoms with van der Waals surface area (Å²) in [6.45, 7) is 1.65. The van der Waals surface area contributed by atoms with Crippen LogP contribution in [0.1, 0.15) is 17.4 Å². The summed E-state index contributed by atoms with van der Waals surface area (Å²) < 4.78 is 4.73. The number of anilines is 1. The Morgan fingerprint density at radius 3 is 2.93 bits per heavy atom. The van der Waals surface area contributed by atoms with Crippen molar-refractivity contribution in [2.45, 2.75) is 13.2 Å². The molecule has 1 atom stereocenters. The molecule has 0 aliphatic carbocycles. The smallest absolute Gasteiger partial charge is 0.337 e. The first-order valence-electron chi connectivity index (χ1n) is 3.98. The maximum absolute atomic E-state index is 11.0. The summed E-state index contributed by atoms with van der Waals surface area (Å²) >= 11 is 0. The van der Waals surface area contributed by atoms with Crippen LogP contribution in [0.25, 0.3) is 0 Å². The maximum atomic E-state index is 11.0. The summed E-state index contributed by atoms with van der Waals surface area (Å²) in [5.41, 5.74) is 0.385. The number of nitrogens with one attached hydrogen (secondary N) is 2. The van der Waals surface area contributed by atoms with Crippen molar-refractivity contribution in [2.24, 2.45) is 0 Å². The number of hydrogen-bond donors (Lipinski definition) is 3. The molecule has 0 fully saturated rings. The van der Waals surface area contributed by atoms with Crippen LogP contribution in [0.4, 0.5) is 10.7 Å². The van der Waals surface area contributed by atoms with Crippen LogP contribution < -0.4 is 16.3 Å². The minimum absolute atomic E-state index is 0.00579. The summed E-state index contributed by atoms with van der Waals surface area (Å²) in [6, 6.07) is 0.653. The van der Waals surface area contributed by atoms with Gasteiger partial charge in [-0.25, -0.2) is 9.59 Å². The molecule has 3 N–H and O–H groups in total. The molecule has 14 heavy (non-hydrogen) atoms. The highest BCUT2D eigenvalue weighted by atomic mass is 16.4. The Labute approximate surface area is 78.5 Å². The highest BCUT2D eigenvalue weighted by Crippen LogP contribution is 2.26. The summed E-state index contributed by atoms with van der Waals surface area (Å²) in [4.78, 5) is 21.9. The number of urea groups is 1. The molecule has 0 radical (unpaired) electrons. The Morgan fingerprint density at radius 1 is 1.50 bits per heavy atom. The number of carbonyl (C=O) groups is 1. The van der Waals surface area contributed by atoms with E-state index in [0.717, 1.165) is 0 Å². The van der Waals surface area contributed by atoms with E-state index in [-0.39, 0.29) is 5.88 Å². The quantitative estimate of drug-likeness (QED) is 0.547. The molecule has 0 bridgehead atoms. The van der Waals surface area contributed by atoms with Gasteiger partial charge >= 0.3 is 11.7 Å². The van der Waals surface area contributed by atoms with Crippen LogP contribution in [0.15, 0.2) is 15.3 Å². The molecule has 6 heteroatoms. The fourth-order valence-corrected chi connectivity index (χ4v) is 1.39. The lowest BCUT2D eigenvalue weighted by molar-refractivity contribution is 0.140.